The van der Waals surface area contributed by atoms with E-state index < -0.39 is 5.97 Å². The van der Waals surface area contributed by atoms with Crippen LogP contribution in [-0.2, 0) is 0 Å². The third kappa shape index (κ3) is 1.27. The third-order valence-corrected chi connectivity index (χ3v) is 2.61. The summed E-state index contributed by atoms with van der Waals surface area (Å²) in [5.41, 5.74) is 1.38. The third-order valence-electron chi connectivity index (χ3n) is 2.61. The fraction of sp³-hybridized carbons (Fsp3) is 0.300. The van der Waals surface area contributed by atoms with Crippen molar-refractivity contribution in [2.45, 2.75) is 18.8 Å². The van der Waals surface area contributed by atoms with Crippen LogP contribution < -0.4 is 0 Å². The van der Waals surface area contributed by atoms with Gasteiger partial charge in [-0.2, -0.15) is 0 Å². The number of carbonyl (C=O) groups is 1. The maximum absolute atomic E-state index is 10.9. The van der Waals surface area contributed by atoms with Gasteiger partial charge in [-0.15, -0.1) is 0 Å². The molecular weight excluding hydrogens is 194 g/mol. The average molecular weight is 203 g/mol. The minimum Gasteiger partial charge on any atom is -0.478 e. The Bertz CT molecular complexity index is 543. The number of hydrogen-bond acceptors (Lipinski definition) is 3. The lowest BCUT2D eigenvalue weighted by Crippen LogP contribution is -1.98. The Labute approximate surface area is 85.2 Å². The van der Waals surface area contributed by atoms with Crippen molar-refractivity contribution in [3.05, 3.63) is 23.8 Å². The maximum Gasteiger partial charge on any atom is 0.339 e. The van der Waals surface area contributed by atoms with E-state index >= 15 is 0 Å². The van der Waals surface area contributed by atoms with E-state index in [2.05, 4.69) is 15.0 Å². The number of nitrogens with zero attached hydrogens (tertiary/aromatic N) is 2. The molecule has 0 aliphatic heterocycles. The van der Waals surface area contributed by atoms with Gasteiger partial charge in [-0.3, -0.25) is 4.98 Å². The largest absolute Gasteiger partial charge is 0.478 e. The number of carboxylic acid groups (broad SMARTS) is 1. The topological polar surface area (TPSA) is 78.9 Å². The van der Waals surface area contributed by atoms with Crippen LogP contribution in [0.1, 0.15) is 34.9 Å². The molecule has 3 rings (SSSR count). The molecule has 0 amide bonds. The van der Waals surface area contributed by atoms with Gasteiger partial charge < -0.3 is 10.1 Å². The van der Waals surface area contributed by atoms with Gasteiger partial charge in [0.15, 0.2) is 0 Å². The van der Waals surface area contributed by atoms with Crippen molar-refractivity contribution >= 4 is 17.0 Å². The van der Waals surface area contributed by atoms with Crippen molar-refractivity contribution < 1.29 is 9.90 Å². The SMILES string of the molecule is O=C(O)c1cncc2[nH]c(C3CC3)nc12. The number of aromatic amines is 1. The molecule has 0 spiro atoms. The molecule has 2 N–H and O–H groups in total. The summed E-state index contributed by atoms with van der Waals surface area (Å²) in [4.78, 5) is 22.2. The normalized spacial score (nSPS) is 15.7. The minimum absolute atomic E-state index is 0.163. The van der Waals surface area contributed by atoms with Crippen LogP contribution in [0.15, 0.2) is 12.4 Å². The summed E-state index contributed by atoms with van der Waals surface area (Å²) in [6.07, 6.45) is 5.22. The Balaban J connectivity index is 2.23. The molecule has 76 valence electrons. The molecular formula is C10H9N3O2. The molecule has 5 heteroatoms. The number of carboxylic acids is 1. The van der Waals surface area contributed by atoms with Gasteiger partial charge in [-0.05, 0) is 12.8 Å². The molecule has 0 atom stereocenters. The second-order valence-electron chi connectivity index (χ2n) is 3.78. The molecule has 0 saturated heterocycles. The highest BCUT2D eigenvalue weighted by Gasteiger charge is 2.27. The number of aromatic nitrogens is 3. The molecule has 15 heavy (non-hydrogen) atoms. The quantitative estimate of drug-likeness (QED) is 0.775. The molecule has 0 aromatic carbocycles. The number of rotatable bonds is 2. The van der Waals surface area contributed by atoms with E-state index in [1.165, 1.54) is 6.20 Å². The molecule has 0 bridgehead atoms. The summed E-state index contributed by atoms with van der Waals surface area (Å²) < 4.78 is 0. The van der Waals surface area contributed by atoms with Crippen LogP contribution in [0.4, 0.5) is 0 Å². The zero-order chi connectivity index (χ0) is 10.4. The highest BCUT2D eigenvalue weighted by Crippen LogP contribution is 2.39. The first-order valence-corrected chi connectivity index (χ1v) is 4.82. The van der Waals surface area contributed by atoms with Crippen LogP contribution in [0.2, 0.25) is 0 Å². The van der Waals surface area contributed by atoms with Gasteiger partial charge in [-0.1, -0.05) is 0 Å². The molecule has 2 heterocycles. The van der Waals surface area contributed by atoms with E-state index in [9.17, 15) is 4.79 Å². The van der Waals surface area contributed by atoms with Gasteiger partial charge in [-0.25, -0.2) is 9.78 Å². The monoisotopic (exact) mass is 203 g/mol. The molecule has 0 unspecified atom stereocenters. The van der Waals surface area contributed by atoms with Crippen molar-refractivity contribution in [3.63, 3.8) is 0 Å². The molecule has 5 nitrogen and oxygen atoms in total. The zero-order valence-electron chi connectivity index (χ0n) is 7.90. The fourth-order valence-corrected chi connectivity index (χ4v) is 1.66. The second kappa shape index (κ2) is 2.79. The molecule has 1 saturated carbocycles. The Kier molecular flexibility index (Phi) is 1.56. The first-order valence-electron chi connectivity index (χ1n) is 4.82. The average Bonchev–Trinajstić information content (AvgIpc) is 2.96. The first-order chi connectivity index (χ1) is 7.25. The number of fused-ring (bicyclic) bond motifs is 1. The van der Waals surface area contributed by atoms with E-state index in [1.807, 2.05) is 0 Å². The lowest BCUT2D eigenvalue weighted by atomic mass is 10.2. The van der Waals surface area contributed by atoms with E-state index in [1.54, 1.807) is 6.20 Å². The van der Waals surface area contributed by atoms with Crippen LogP contribution in [0.3, 0.4) is 0 Å². The molecule has 2 aromatic heterocycles. The number of aromatic carboxylic acids is 1. The highest BCUT2D eigenvalue weighted by atomic mass is 16.4. The van der Waals surface area contributed by atoms with Crippen molar-refractivity contribution in [2.75, 3.05) is 0 Å². The van der Waals surface area contributed by atoms with Crippen molar-refractivity contribution in [3.8, 4) is 0 Å². The Hall–Kier alpha value is -1.91. The number of nitrogens with one attached hydrogen (secondary N) is 1. The van der Waals surface area contributed by atoms with Crippen LogP contribution in [0.25, 0.3) is 11.0 Å². The summed E-state index contributed by atoms with van der Waals surface area (Å²) in [7, 11) is 0. The predicted molar refractivity (Wildman–Crippen MR) is 52.8 cm³/mol. The summed E-state index contributed by atoms with van der Waals surface area (Å²) in [6, 6.07) is 0. The lowest BCUT2D eigenvalue weighted by molar-refractivity contribution is 0.0698. The Morgan fingerprint density at radius 1 is 1.47 bits per heavy atom. The maximum atomic E-state index is 10.9. The summed E-state index contributed by atoms with van der Waals surface area (Å²) >= 11 is 0. The predicted octanol–water partition coefficient (Wildman–Crippen LogP) is 1.53. The second-order valence-corrected chi connectivity index (χ2v) is 3.78. The van der Waals surface area contributed by atoms with Gasteiger partial charge in [0.05, 0.1) is 11.7 Å². The van der Waals surface area contributed by atoms with Gasteiger partial charge in [0, 0.05) is 12.1 Å². The number of imidazole rings is 1. The summed E-state index contributed by atoms with van der Waals surface area (Å²) in [5.74, 6) is 0.390. The Morgan fingerprint density at radius 2 is 2.27 bits per heavy atom. The number of H-pyrrole nitrogens is 1. The van der Waals surface area contributed by atoms with Crippen molar-refractivity contribution in [2.24, 2.45) is 0 Å². The van der Waals surface area contributed by atoms with Gasteiger partial charge >= 0.3 is 5.97 Å². The molecule has 1 aliphatic rings. The number of pyridine rings is 1. The van der Waals surface area contributed by atoms with Gasteiger partial charge in [0.25, 0.3) is 0 Å². The first kappa shape index (κ1) is 8.40. The molecule has 1 aliphatic carbocycles. The lowest BCUT2D eigenvalue weighted by Gasteiger charge is -1.92. The molecule has 0 radical (unpaired) electrons. The van der Waals surface area contributed by atoms with Crippen LogP contribution in [0.5, 0.6) is 0 Å². The standard InChI is InChI=1S/C10H9N3O2/c14-10(15)6-3-11-4-7-8(6)13-9(12-7)5-1-2-5/h3-5H,1-2H2,(H,12,13)(H,14,15). The van der Waals surface area contributed by atoms with E-state index in [0.717, 1.165) is 18.7 Å². The van der Waals surface area contributed by atoms with E-state index in [4.69, 9.17) is 5.11 Å². The molecule has 2 aromatic rings. The molecule has 1 fully saturated rings. The minimum atomic E-state index is -0.984. The van der Waals surface area contributed by atoms with Crippen molar-refractivity contribution in [1.29, 1.82) is 0 Å². The van der Waals surface area contributed by atoms with Crippen LogP contribution in [-0.4, -0.2) is 26.0 Å². The number of hydrogen-bond donors (Lipinski definition) is 2. The van der Waals surface area contributed by atoms with E-state index in [0.29, 0.717) is 17.0 Å². The zero-order valence-corrected chi connectivity index (χ0v) is 7.90. The van der Waals surface area contributed by atoms with Gasteiger partial charge in [0.1, 0.15) is 16.9 Å². The van der Waals surface area contributed by atoms with Crippen LogP contribution >= 0.6 is 0 Å². The highest BCUT2D eigenvalue weighted by molar-refractivity contribution is 6.00. The van der Waals surface area contributed by atoms with Gasteiger partial charge in [0.2, 0.25) is 0 Å². The summed E-state index contributed by atoms with van der Waals surface area (Å²) in [6.45, 7) is 0. The van der Waals surface area contributed by atoms with E-state index in [-0.39, 0.29) is 5.56 Å². The van der Waals surface area contributed by atoms with Crippen LogP contribution in [0, 0.1) is 0 Å². The smallest absolute Gasteiger partial charge is 0.339 e. The fourth-order valence-electron chi connectivity index (χ4n) is 1.66. The summed E-state index contributed by atoms with van der Waals surface area (Å²) in [5, 5.41) is 8.95. The Morgan fingerprint density at radius 3 is 2.93 bits per heavy atom. The van der Waals surface area contributed by atoms with Crippen molar-refractivity contribution in [1.82, 2.24) is 15.0 Å².